The van der Waals surface area contributed by atoms with E-state index in [-0.39, 0.29) is 17.3 Å². The number of hydrogen-bond donors (Lipinski definition) is 1. The second kappa shape index (κ2) is 6.96. The number of ether oxygens (including phenoxy) is 2. The van der Waals surface area contributed by atoms with Gasteiger partial charge in [0.25, 0.3) is 0 Å². The first-order valence-electron chi connectivity index (χ1n) is 8.39. The number of cyclic esters (lactones) is 1. The van der Waals surface area contributed by atoms with Gasteiger partial charge in [0.05, 0.1) is 23.0 Å². The second-order valence-corrected chi connectivity index (χ2v) is 7.49. The van der Waals surface area contributed by atoms with Gasteiger partial charge in [-0.3, -0.25) is 9.69 Å². The summed E-state index contributed by atoms with van der Waals surface area (Å²) in [6.45, 7) is 2.69. The van der Waals surface area contributed by atoms with Crippen LogP contribution in [0.3, 0.4) is 0 Å². The number of fused-ring (bicyclic) bond motifs is 1. The summed E-state index contributed by atoms with van der Waals surface area (Å²) in [5.74, 6) is -0.251. The maximum absolute atomic E-state index is 12.4. The Hall–Kier alpha value is -3.00. The lowest BCUT2D eigenvalue weighted by molar-refractivity contribution is -0.115. The zero-order chi connectivity index (χ0) is 19.0. The molecule has 4 rings (SSSR count). The largest absolute Gasteiger partial charge is 0.447 e. The number of rotatable bonds is 3. The smallest absolute Gasteiger partial charge is 0.414 e. The summed E-state index contributed by atoms with van der Waals surface area (Å²) >= 11 is 1.45. The van der Waals surface area contributed by atoms with Gasteiger partial charge in [0.2, 0.25) is 5.91 Å². The zero-order valence-corrected chi connectivity index (χ0v) is 15.2. The molecule has 2 amide bonds. The van der Waals surface area contributed by atoms with Gasteiger partial charge in [-0.25, -0.2) is 9.59 Å². The number of benzene rings is 2. The summed E-state index contributed by atoms with van der Waals surface area (Å²) in [5.41, 5.74) is 1.64. The van der Waals surface area contributed by atoms with E-state index >= 15 is 0 Å². The van der Waals surface area contributed by atoms with Crippen LogP contribution in [0.25, 0.3) is 0 Å². The molecule has 0 spiro atoms. The van der Waals surface area contributed by atoms with Gasteiger partial charge in [0.1, 0.15) is 12.4 Å². The minimum absolute atomic E-state index is 0.0888. The van der Waals surface area contributed by atoms with Crippen molar-refractivity contribution in [1.82, 2.24) is 0 Å². The molecule has 27 heavy (non-hydrogen) atoms. The van der Waals surface area contributed by atoms with E-state index in [2.05, 4.69) is 5.32 Å². The number of thioether (sulfide) groups is 1. The van der Waals surface area contributed by atoms with Gasteiger partial charge in [0, 0.05) is 10.6 Å². The number of hydrogen-bond acceptors (Lipinski definition) is 6. The van der Waals surface area contributed by atoms with Crippen LogP contribution >= 0.6 is 11.8 Å². The van der Waals surface area contributed by atoms with Crippen molar-refractivity contribution in [3.8, 4) is 5.75 Å². The van der Waals surface area contributed by atoms with Gasteiger partial charge >= 0.3 is 12.1 Å². The van der Waals surface area contributed by atoms with Crippen LogP contribution in [0, 0.1) is 0 Å². The van der Waals surface area contributed by atoms with Gasteiger partial charge in [0.15, 0.2) is 0 Å². The molecule has 2 aliphatic rings. The molecule has 1 saturated heterocycles. The molecule has 1 atom stereocenters. The van der Waals surface area contributed by atoms with Crippen LogP contribution in [-0.2, 0) is 9.53 Å². The number of carbonyl (C=O) groups is 3. The fourth-order valence-electron chi connectivity index (χ4n) is 2.82. The van der Waals surface area contributed by atoms with Gasteiger partial charge in [-0.1, -0.05) is 0 Å². The van der Waals surface area contributed by atoms with Crippen LogP contribution in [0.5, 0.6) is 5.75 Å². The number of nitrogens with one attached hydrogen (secondary N) is 1. The fraction of sp³-hybridized carbons (Fsp3) is 0.211. The van der Waals surface area contributed by atoms with Crippen LogP contribution in [0.15, 0.2) is 47.4 Å². The Morgan fingerprint density at radius 1 is 1.22 bits per heavy atom. The predicted octanol–water partition coefficient (Wildman–Crippen LogP) is 3.30. The Kier molecular flexibility index (Phi) is 4.49. The van der Waals surface area contributed by atoms with Gasteiger partial charge in [-0.15, -0.1) is 11.8 Å². The first-order chi connectivity index (χ1) is 13.0. The molecule has 2 aromatic rings. The molecule has 0 radical (unpaired) electrons. The van der Waals surface area contributed by atoms with Crippen molar-refractivity contribution in [2.75, 3.05) is 23.4 Å². The standard InChI is InChI=1S/C19H16N2O5S/c1-11-17(22)20-15-10-12(2-7-16(15)27-11)18(23)26-14-5-3-13(4-6-14)21-8-9-25-19(21)24/h2-7,10-11H,8-9H2,1H3,(H,20,22)/t11-/m1/s1. The quantitative estimate of drug-likeness (QED) is 0.646. The van der Waals surface area contributed by atoms with Crippen LogP contribution in [0.4, 0.5) is 16.2 Å². The van der Waals surface area contributed by atoms with Crippen molar-refractivity contribution in [1.29, 1.82) is 0 Å². The van der Waals surface area contributed by atoms with E-state index in [9.17, 15) is 14.4 Å². The Morgan fingerprint density at radius 3 is 2.70 bits per heavy atom. The molecule has 1 N–H and O–H groups in total. The van der Waals surface area contributed by atoms with Gasteiger partial charge in [-0.2, -0.15) is 0 Å². The fourth-order valence-corrected chi connectivity index (χ4v) is 3.75. The Labute approximate surface area is 159 Å². The first-order valence-corrected chi connectivity index (χ1v) is 9.27. The summed E-state index contributed by atoms with van der Waals surface area (Å²) in [7, 11) is 0. The highest BCUT2D eigenvalue weighted by atomic mass is 32.2. The number of anilines is 2. The van der Waals surface area contributed by atoms with Crippen molar-refractivity contribution < 1.29 is 23.9 Å². The maximum atomic E-state index is 12.4. The Balaban J connectivity index is 1.47. The molecule has 0 aromatic heterocycles. The third kappa shape index (κ3) is 3.48. The third-order valence-electron chi connectivity index (χ3n) is 4.27. The molecule has 2 heterocycles. The lowest BCUT2D eigenvalue weighted by Crippen LogP contribution is -2.26. The van der Waals surface area contributed by atoms with Crippen LogP contribution < -0.4 is 15.0 Å². The minimum atomic E-state index is -0.524. The molecule has 0 bridgehead atoms. The molecule has 8 heteroatoms. The van der Waals surface area contributed by atoms with E-state index in [0.29, 0.717) is 35.8 Å². The van der Waals surface area contributed by atoms with Gasteiger partial charge < -0.3 is 14.8 Å². The van der Waals surface area contributed by atoms with E-state index in [1.165, 1.54) is 16.7 Å². The molecular formula is C19H16N2O5S. The van der Waals surface area contributed by atoms with Crippen LogP contribution in [0.2, 0.25) is 0 Å². The molecule has 2 aliphatic heterocycles. The number of carbonyl (C=O) groups excluding carboxylic acids is 3. The minimum Gasteiger partial charge on any atom is -0.447 e. The van der Waals surface area contributed by atoms with E-state index in [1.54, 1.807) is 42.5 Å². The average molecular weight is 384 g/mol. The molecule has 2 aromatic carbocycles. The predicted molar refractivity (Wildman–Crippen MR) is 100 cm³/mol. The van der Waals surface area contributed by atoms with Crippen LogP contribution in [-0.4, -0.2) is 36.4 Å². The van der Waals surface area contributed by atoms with E-state index in [1.807, 2.05) is 6.92 Å². The highest BCUT2D eigenvalue weighted by molar-refractivity contribution is 8.00. The van der Waals surface area contributed by atoms with E-state index in [0.717, 1.165) is 4.90 Å². The zero-order valence-electron chi connectivity index (χ0n) is 14.4. The van der Waals surface area contributed by atoms with Crippen molar-refractivity contribution in [2.45, 2.75) is 17.1 Å². The lowest BCUT2D eigenvalue weighted by atomic mass is 10.2. The number of amides is 2. The topological polar surface area (TPSA) is 84.9 Å². The third-order valence-corrected chi connectivity index (χ3v) is 5.44. The Bertz CT molecular complexity index is 928. The molecule has 7 nitrogen and oxygen atoms in total. The Morgan fingerprint density at radius 2 is 2.00 bits per heavy atom. The summed E-state index contributed by atoms with van der Waals surface area (Å²) in [6.07, 6.45) is -0.386. The van der Waals surface area contributed by atoms with Crippen molar-refractivity contribution in [3.05, 3.63) is 48.0 Å². The SMILES string of the molecule is C[C@H]1Sc2ccc(C(=O)Oc3ccc(N4CCOC4=O)cc3)cc2NC1=O. The molecule has 1 fully saturated rings. The summed E-state index contributed by atoms with van der Waals surface area (Å²) < 4.78 is 10.3. The van der Waals surface area contributed by atoms with E-state index in [4.69, 9.17) is 9.47 Å². The average Bonchev–Trinajstić information content (AvgIpc) is 3.09. The summed E-state index contributed by atoms with van der Waals surface area (Å²) in [5, 5.41) is 2.63. The monoisotopic (exact) mass is 384 g/mol. The number of esters is 1. The number of nitrogens with zero attached hydrogens (tertiary/aromatic N) is 1. The van der Waals surface area contributed by atoms with E-state index < -0.39 is 5.97 Å². The molecular weight excluding hydrogens is 368 g/mol. The molecule has 0 unspecified atom stereocenters. The highest BCUT2D eigenvalue weighted by Gasteiger charge is 2.25. The van der Waals surface area contributed by atoms with Crippen molar-refractivity contribution in [3.63, 3.8) is 0 Å². The van der Waals surface area contributed by atoms with Crippen LogP contribution in [0.1, 0.15) is 17.3 Å². The molecule has 0 saturated carbocycles. The van der Waals surface area contributed by atoms with Crippen molar-refractivity contribution >= 4 is 41.1 Å². The molecule has 138 valence electrons. The molecule has 0 aliphatic carbocycles. The summed E-state index contributed by atoms with van der Waals surface area (Å²) in [6, 6.07) is 11.7. The lowest BCUT2D eigenvalue weighted by Gasteiger charge is -2.21. The first kappa shape index (κ1) is 17.4. The van der Waals surface area contributed by atoms with Gasteiger partial charge in [-0.05, 0) is 49.4 Å². The summed E-state index contributed by atoms with van der Waals surface area (Å²) in [4.78, 5) is 38.2. The van der Waals surface area contributed by atoms with Crippen molar-refractivity contribution in [2.24, 2.45) is 0 Å². The normalized spacial score (nSPS) is 18.6. The maximum Gasteiger partial charge on any atom is 0.414 e. The second-order valence-electron chi connectivity index (χ2n) is 6.11. The highest BCUT2D eigenvalue weighted by Crippen LogP contribution is 2.36.